The third kappa shape index (κ3) is 5.43. The van der Waals surface area contributed by atoms with Crippen LogP contribution in [0.25, 0.3) is 0 Å². The maximum absolute atomic E-state index is 12.8. The minimum absolute atomic E-state index is 0.0186. The number of hydrogen-bond donors (Lipinski definition) is 2. The standard InChI is InChI=1S/C18H15F3N4O2S/c1-11-5-6-15(27-11)9-22-25-16(26)8-14-10-28-17(24-14)23-13-4-2-3-12(7-13)18(19,20)21/h2-7,9-10H,8H2,1H3,(H,23,24)(H,25,26)/b22-9-. The van der Waals surface area contributed by atoms with Crippen LogP contribution in [0.5, 0.6) is 0 Å². The van der Waals surface area contributed by atoms with E-state index in [0.717, 1.165) is 17.9 Å². The molecule has 2 heterocycles. The molecule has 0 saturated carbocycles. The third-order valence-corrected chi connectivity index (χ3v) is 4.28. The van der Waals surface area contributed by atoms with Gasteiger partial charge in [-0.1, -0.05) is 6.07 Å². The average molecular weight is 408 g/mol. The molecular weight excluding hydrogens is 393 g/mol. The predicted molar refractivity (Wildman–Crippen MR) is 99.7 cm³/mol. The number of aryl methyl sites for hydroxylation is 1. The molecule has 2 N–H and O–H groups in total. The van der Waals surface area contributed by atoms with E-state index in [0.29, 0.717) is 16.6 Å². The number of nitrogens with zero attached hydrogens (tertiary/aromatic N) is 2. The molecule has 0 spiro atoms. The summed E-state index contributed by atoms with van der Waals surface area (Å²) in [6.45, 7) is 1.79. The Bertz CT molecular complexity index is 995. The van der Waals surface area contributed by atoms with Crippen molar-refractivity contribution in [1.82, 2.24) is 10.4 Å². The van der Waals surface area contributed by atoms with Crippen LogP contribution in [0.1, 0.15) is 22.8 Å². The second-order valence-electron chi connectivity index (χ2n) is 5.77. The second kappa shape index (κ2) is 8.26. The molecule has 0 atom stereocenters. The highest BCUT2D eigenvalue weighted by Crippen LogP contribution is 2.31. The molecular formula is C18H15F3N4O2S. The minimum atomic E-state index is -4.42. The normalized spacial score (nSPS) is 11.7. The molecule has 0 aliphatic heterocycles. The number of aromatic nitrogens is 1. The van der Waals surface area contributed by atoms with Crippen molar-refractivity contribution in [2.45, 2.75) is 19.5 Å². The van der Waals surface area contributed by atoms with Crippen LogP contribution in [0, 0.1) is 6.92 Å². The number of carbonyl (C=O) groups excluding carboxylic acids is 1. The average Bonchev–Trinajstić information content (AvgIpc) is 3.23. The van der Waals surface area contributed by atoms with Crippen molar-refractivity contribution in [2.24, 2.45) is 5.10 Å². The van der Waals surface area contributed by atoms with Crippen LogP contribution in [0.3, 0.4) is 0 Å². The zero-order valence-corrected chi connectivity index (χ0v) is 15.4. The summed E-state index contributed by atoms with van der Waals surface area (Å²) in [6, 6.07) is 8.31. The minimum Gasteiger partial charge on any atom is -0.460 e. The van der Waals surface area contributed by atoms with Crippen molar-refractivity contribution >= 4 is 34.3 Å². The van der Waals surface area contributed by atoms with Crippen molar-refractivity contribution in [3.8, 4) is 0 Å². The Labute approximate surface area is 162 Å². The van der Waals surface area contributed by atoms with Gasteiger partial charge in [0.05, 0.1) is 23.9 Å². The molecule has 2 aromatic heterocycles. The van der Waals surface area contributed by atoms with Crippen molar-refractivity contribution < 1.29 is 22.4 Å². The molecule has 146 valence electrons. The van der Waals surface area contributed by atoms with Gasteiger partial charge in [-0.15, -0.1) is 11.3 Å². The summed E-state index contributed by atoms with van der Waals surface area (Å²) in [7, 11) is 0. The number of amides is 1. The van der Waals surface area contributed by atoms with Crippen LogP contribution in [-0.4, -0.2) is 17.1 Å². The lowest BCUT2D eigenvalue weighted by atomic mass is 10.2. The molecule has 10 heteroatoms. The van der Waals surface area contributed by atoms with Gasteiger partial charge in [0.2, 0.25) is 5.91 Å². The van der Waals surface area contributed by atoms with Crippen molar-refractivity contribution in [3.63, 3.8) is 0 Å². The molecule has 3 aromatic rings. The Morgan fingerprint density at radius 2 is 2.14 bits per heavy atom. The van der Waals surface area contributed by atoms with E-state index in [1.165, 1.54) is 29.7 Å². The summed E-state index contributed by atoms with van der Waals surface area (Å²) in [4.78, 5) is 16.1. The van der Waals surface area contributed by atoms with Gasteiger partial charge in [0.25, 0.3) is 0 Å². The smallest absolute Gasteiger partial charge is 0.416 e. The molecule has 0 unspecified atom stereocenters. The molecule has 0 radical (unpaired) electrons. The Balaban J connectivity index is 1.55. The molecule has 3 rings (SSSR count). The number of thiazole rings is 1. The van der Waals surface area contributed by atoms with Gasteiger partial charge in [0.15, 0.2) is 5.13 Å². The summed E-state index contributed by atoms with van der Waals surface area (Å²) in [5.41, 5.74) is 2.35. The van der Waals surface area contributed by atoms with Gasteiger partial charge < -0.3 is 9.73 Å². The monoisotopic (exact) mass is 408 g/mol. The Kier molecular flexibility index (Phi) is 5.78. The van der Waals surface area contributed by atoms with Crippen molar-refractivity contribution in [1.29, 1.82) is 0 Å². The van der Waals surface area contributed by atoms with Crippen LogP contribution >= 0.6 is 11.3 Å². The summed E-state index contributed by atoms with van der Waals surface area (Å²) < 4.78 is 43.6. The van der Waals surface area contributed by atoms with E-state index in [-0.39, 0.29) is 18.0 Å². The van der Waals surface area contributed by atoms with E-state index < -0.39 is 11.7 Å². The molecule has 0 bridgehead atoms. The van der Waals surface area contributed by atoms with Gasteiger partial charge in [-0.25, -0.2) is 10.4 Å². The van der Waals surface area contributed by atoms with Gasteiger partial charge in [-0.3, -0.25) is 4.79 Å². The van der Waals surface area contributed by atoms with Crippen molar-refractivity contribution in [2.75, 3.05) is 5.32 Å². The highest BCUT2D eigenvalue weighted by Gasteiger charge is 2.30. The molecule has 6 nitrogen and oxygen atoms in total. The lowest BCUT2D eigenvalue weighted by Crippen LogP contribution is -2.19. The molecule has 0 saturated heterocycles. The summed E-state index contributed by atoms with van der Waals surface area (Å²) in [5, 5.41) is 8.64. The first kappa shape index (κ1) is 19.6. The summed E-state index contributed by atoms with van der Waals surface area (Å²) in [5.74, 6) is 0.866. The molecule has 28 heavy (non-hydrogen) atoms. The van der Waals surface area contributed by atoms with E-state index in [9.17, 15) is 18.0 Å². The van der Waals surface area contributed by atoms with Gasteiger partial charge in [0, 0.05) is 11.1 Å². The van der Waals surface area contributed by atoms with Crippen LogP contribution in [0.4, 0.5) is 24.0 Å². The van der Waals surface area contributed by atoms with Crippen LogP contribution in [0.2, 0.25) is 0 Å². The molecule has 0 fully saturated rings. The number of nitrogens with one attached hydrogen (secondary N) is 2. The number of carbonyl (C=O) groups is 1. The number of benzene rings is 1. The SMILES string of the molecule is Cc1ccc(/C=N\NC(=O)Cc2csc(Nc3cccc(C(F)(F)F)c3)n2)o1. The zero-order valence-electron chi connectivity index (χ0n) is 14.6. The number of anilines is 2. The molecule has 0 aliphatic rings. The van der Waals surface area contributed by atoms with E-state index in [2.05, 4.69) is 20.8 Å². The number of rotatable bonds is 6. The number of alkyl halides is 3. The second-order valence-corrected chi connectivity index (χ2v) is 6.62. The zero-order chi connectivity index (χ0) is 20.1. The fourth-order valence-corrected chi connectivity index (χ4v) is 2.97. The van der Waals surface area contributed by atoms with E-state index >= 15 is 0 Å². The van der Waals surface area contributed by atoms with Crippen LogP contribution < -0.4 is 10.7 Å². The Morgan fingerprint density at radius 3 is 2.86 bits per heavy atom. The number of halogens is 3. The van der Waals surface area contributed by atoms with Gasteiger partial charge >= 0.3 is 6.18 Å². The molecule has 1 aromatic carbocycles. The third-order valence-electron chi connectivity index (χ3n) is 3.48. The number of hydrogen-bond acceptors (Lipinski definition) is 6. The van der Waals surface area contributed by atoms with Gasteiger partial charge in [-0.2, -0.15) is 18.3 Å². The predicted octanol–water partition coefficient (Wildman–Crippen LogP) is 4.50. The maximum atomic E-state index is 12.8. The fourth-order valence-electron chi connectivity index (χ4n) is 2.24. The fraction of sp³-hybridized carbons (Fsp3) is 0.167. The largest absolute Gasteiger partial charge is 0.460 e. The van der Waals surface area contributed by atoms with Gasteiger partial charge in [-0.05, 0) is 37.3 Å². The Hall–Kier alpha value is -3.14. The van der Waals surface area contributed by atoms with Crippen LogP contribution in [-0.2, 0) is 17.4 Å². The number of hydrazone groups is 1. The quantitative estimate of drug-likeness (QED) is 0.465. The molecule has 0 aliphatic carbocycles. The Morgan fingerprint density at radius 1 is 1.32 bits per heavy atom. The molecule has 1 amide bonds. The van der Waals surface area contributed by atoms with Gasteiger partial charge in [0.1, 0.15) is 11.5 Å². The first-order valence-electron chi connectivity index (χ1n) is 8.06. The maximum Gasteiger partial charge on any atom is 0.416 e. The first-order valence-corrected chi connectivity index (χ1v) is 8.94. The number of furan rings is 1. The summed E-state index contributed by atoms with van der Waals surface area (Å²) >= 11 is 1.19. The first-order chi connectivity index (χ1) is 13.3. The highest BCUT2D eigenvalue weighted by atomic mass is 32.1. The lowest BCUT2D eigenvalue weighted by Gasteiger charge is -2.08. The van der Waals surface area contributed by atoms with Crippen LogP contribution in [0.15, 0.2) is 51.3 Å². The summed E-state index contributed by atoms with van der Waals surface area (Å²) in [6.07, 6.45) is -3.06. The lowest BCUT2D eigenvalue weighted by molar-refractivity contribution is -0.137. The van der Waals surface area contributed by atoms with E-state index in [1.54, 1.807) is 24.4 Å². The van der Waals surface area contributed by atoms with E-state index in [1.807, 2.05) is 0 Å². The topological polar surface area (TPSA) is 79.5 Å². The highest BCUT2D eigenvalue weighted by molar-refractivity contribution is 7.13. The van der Waals surface area contributed by atoms with E-state index in [4.69, 9.17) is 4.42 Å². The van der Waals surface area contributed by atoms with Crippen molar-refractivity contribution in [3.05, 3.63) is 64.6 Å².